The predicted octanol–water partition coefficient (Wildman–Crippen LogP) is 2.70. The number of alkyl carbamates (subject to hydrolysis) is 1. The number of nitrogens with one attached hydrogen (secondary N) is 2. The van der Waals surface area contributed by atoms with Crippen LogP contribution in [0.25, 0.3) is 0 Å². The van der Waals surface area contributed by atoms with Crippen molar-refractivity contribution in [2.45, 2.75) is 58.7 Å². The van der Waals surface area contributed by atoms with Crippen LogP contribution in [0.1, 0.15) is 45.6 Å². The maximum Gasteiger partial charge on any atom is 0.408 e. The molecule has 144 valence electrons. The molecule has 0 aromatic heterocycles. The van der Waals surface area contributed by atoms with Gasteiger partial charge in [-0.15, -0.1) is 0 Å². The van der Waals surface area contributed by atoms with E-state index < -0.39 is 30.1 Å². The minimum Gasteiger partial charge on any atom is -0.480 e. The van der Waals surface area contributed by atoms with Gasteiger partial charge in [0.25, 0.3) is 0 Å². The first kappa shape index (κ1) is 21.5. The van der Waals surface area contributed by atoms with Gasteiger partial charge in [-0.05, 0) is 17.9 Å². The number of benzene rings is 1. The van der Waals surface area contributed by atoms with E-state index in [4.69, 9.17) is 4.74 Å². The first-order chi connectivity index (χ1) is 12.3. The van der Waals surface area contributed by atoms with Gasteiger partial charge in [-0.1, -0.05) is 63.9 Å². The number of carboxylic acids is 1. The minimum atomic E-state index is -1.08. The molecule has 1 rings (SSSR count). The molecule has 3 N–H and O–H groups in total. The van der Waals surface area contributed by atoms with E-state index in [1.165, 1.54) is 0 Å². The summed E-state index contributed by atoms with van der Waals surface area (Å²) in [5.74, 6) is -1.83. The lowest BCUT2D eigenvalue weighted by Gasteiger charge is -2.23. The molecule has 0 unspecified atom stereocenters. The normalized spacial score (nSPS) is 12.9. The Morgan fingerprint density at radius 1 is 1.12 bits per heavy atom. The number of rotatable bonds is 10. The zero-order valence-corrected chi connectivity index (χ0v) is 15.5. The molecule has 0 saturated heterocycles. The van der Waals surface area contributed by atoms with Crippen molar-refractivity contribution in [3.63, 3.8) is 0 Å². The first-order valence-electron chi connectivity index (χ1n) is 8.85. The summed E-state index contributed by atoms with van der Waals surface area (Å²) in [6, 6.07) is 7.34. The Morgan fingerprint density at radius 2 is 1.77 bits per heavy atom. The van der Waals surface area contributed by atoms with Gasteiger partial charge in [0.05, 0.1) is 0 Å². The zero-order valence-electron chi connectivity index (χ0n) is 15.5. The summed E-state index contributed by atoms with van der Waals surface area (Å²) in [7, 11) is 0. The third-order valence-corrected chi connectivity index (χ3v) is 3.90. The van der Waals surface area contributed by atoms with Crippen LogP contribution in [0.5, 0.6) is 0 Å². The number of hydrogen-bond acceptors (Lipinski definition) is 4. The van der Waals surface area contributed by atoms with E-state index in [0.717, 1.165) is 12.0 Å². The van der Waals surface area contributed by atoms with Crippen LogP contribution in [0, 0.1) is 5.92 Å². The molecule has 1 aromatic carbocycles. The summed E-state index contributed by atoms with van der Waals surface area (Å²) in [6.07, 6.45) is 1.15. The van der Waals surface area contributed by atoms with Gasteiger partial charge in [-0.2, -0.15) is 0 Å². The Bertz CT molecular complexity index is 589. The topological polar surface area (TPSA) is 105 Å². The monoisotopic (exact) mass is 364 g/mol. The van der Waals surface area contributed by atoms with Gasteiger partial charge in [0.2, 0.25) is 5.91 Å². The van der Waals surface area contributed by atoms with Crippen molar-refractivity contribution in [2.75, 3.05) is 0 Å². The molecular formula is C19H28N2O5. The Balaban J connectivity index is 2.61. The number of unbranched alkanes of at least 4 members (excludes halogenated alkanes) is 1. The fourth-order valence-corrected chi connectivity index (χ4v) is 2.35. The highest BCUT2D eigenvalue weighted by molar-refractivity contribution is 5.89. The first-order valence-corrected chi connectivity index (χ1v) is 8.85. The number of hydrogen-bond donors (Lipinski definition) is 3. The lowest BCUT2D eigenvalue weighted by molar-refractivity contribution is -0.142. The van der Waals surface area contributed by atoms with Crippen molar-refractivity contribution >= 4 is 18.0 Å². The van der Waals surface area contributed by atoms with Gasteiger partial charge in [0.1, 0.15) is 18.7 Å². The number of carbonyl (C=O) groups excluding carboxylic acids is 2. The summed E-state index contributed by atoms with van der Waals surface area (Å²) in [4.78, 5) is 35.7. The van der Waals surface area contributed by atoms with Crippen LogP contribution in [-0.4, -0.2) is 35.2 Å². The fraction of sp³-hybridized carbons (Fsp3) is 0.526. The molecule has 26 heavy (non-hydrogen) atoms. The maximum atomic E-state index is 12.4. The number of carboxylic acid groups (broad SMARTS) is 1. The highest BCUT2D eigenvalue weighted by Gasteiger charge is 2.28. The van der Waals surface area contributed by atoms with Crippen LogP contribution < -0.4 is 10.6 Å². The van der Waals surface area contributed by atoms with Gasteiger partial charge in [-0.3, -0.25) is 4.79 Å². The SMILES string of the molecule is CCCC[C@H](NC(=O)[C@H](NC(=O)OCc1ccccc1)C(C)C)C(=O)O. The van der Waals surface area contributed by atoms with E-state index in [9.17, 15) is 19.5 Å². The van der Waals surface area contributed by atoms with Gasteiger partial charge in [0.15, 0.2) is 0 Å². The number of amides is 2. The molecule has 7 nitrogen and oxygen atoms in total. The third-order valence-electron chi connectivity index (χ3n) is 3.90. The van der Waals surface area contributed by atoms with Crippen molar-refractivity contribution < 1.29 is 24.2 Å². The average Bonchev–Trinajstić information content (AvgIpc) is 2.61. The Labute approximate surface area is 154 Å². The molecule has 0 aliphatic rings. The van der Waals surface area contributed by atoms with Crippen LogP contribution in [0.3, 0.4) is 0 Å². The number of carbonyl (C=O) groups is 3. The molecule has 2 atom stereocenters. The highest BCUT2D eigenvalue weighted by Crippen LogP contribution is 2.07. The van der Waals surface area contributed by atoms with Crippen molar-refractivity contribution in [3.05, 3.63) is 35.9 Å². The van der Waals surface area contributed by atoms with Crippen molar-refractivity contribution in [2.24, 2.45) is 5.92 Å². The largest absolute Gasteiger partial charge is 0.480 e. The molecule has 0 radical (unpaired) electrons. The van der Waals surface area contributed by atoms with E-state index in [0.29, 0.717) is 12.8 Å². The molecule has 0 spiro atoms. The molecule has 0 bridgehead atoms. The lowest BCUT2D eigenvalue weighted by Crippen LogP contribution is -2.53. The van der Waals surface area contributed by atoms with Gasteiger partial charge >= 0.3 is 12.1 Å². The van der Waals surface area contributed by atoms with Crippen LogP contribution >= 0.6 is 0 Å². The summed E-state index contributed by atoms with van der Waals surface area (Å²) >= 11 is 0. The van der Waals surface area contributed by atoms with E-state index in [1.54, 1.807) is 13.8 Å². The summed E-state index contributed by atoms with van der Waals surface area (Å²) in [5, 5.41) is 14.3. The third kappa shape index (κ3) is 7.55. The Morgan fingerprint density at radius 3 is 2.31 bits per heavy atom. The number of ether oxygens (including phenoxy) is 1. The summed E-state index contributed by atoms with van der Waals surface area (Å²) in [6.45, 7) is 5.57. The van der Waals surface area contributed by atoms with Crippen molar-refractivity contribution in [3.8, 4) is 0 Å². The fourth-order valence-electron chi connectivity index (χ4n) is 2.35. The molecule has 2 amide bonds. The van der Waals surface area contributed by atoms with Crippen molar-refractivity contribution in [1.82, 2.24) is 10.6 Å². The molecule has 0 saturated carbocycles. The van der Waals surface area contributed by atoms with Crippen molar-refractivity contribution in [1.29, 1.82) is 0 Å². The molecule has 0 heterocycles. The summed E-state index contributed by atoms with van der Waals surface area (Å²) < 4.78 is 5.13. The quantitative estimate of drug-likeness (QED) is 0.592. The maximum absolute atomic E-state index is 12.4. The second-order valence-electron chi connectivity index (χ2n) is 6.47. The smallest absolute Gasteiger partial charge is 0.408 e. The van der Waals surface area contributed by atoms with Crippen LogP contribution in [0.4, 0.5) is 4.79 Å². The van der Waals surface area contributed by atoms with E-state index in [2.05, 4.69) is 10.6 Å². The van der Waals surface area contributed by atoms with Crippen LogP contribution in [-0.2, 0) is 20.9 Å². The Kier molecular flexibility index (Phi) is 9.19. The highest BCUT2D eigenvalue weighted by atomic mass is 16.5. The van der Waals surface area contributed by atoms with E-state index in [1.807, 2.05) is 37.3 Å². The molecule has 1 aromatic rings. The lowest BCUT2D eigenvalue weighted by atomic mass is 10.0. The van der Waals surface area contributed by atoms with E-state index in [-0.39, 0.29) is 12.5 Å². The molecular weight excluding hydrogens is 336 g/mol. The molecule has 0 fully saturated rings. The van der Waals surface area contributed by atoms with Gasteiger partial charge in [-0.25, -0.2) is 9.59 Å². The molecule has 0 aliphatic heterocycles. The number of aliphatic carboxylic acids is 1. The average molecular weight is 364 g/mol. The summed E-state index contributed by atoms with van der Waals surface area (Å²) in [5.41, 5.74) is 0.832. The zero-order chi connectivity index (χ0) is 19.5. The second-order valence-corrected chi connectivity index (χ2v) is 6.47. The minimum absolute atomic E-state index is 0.0906. The standard InChI is InChI=1S/C19H28N2O5/c1-4-5-11-15(18(23)24)20-17(22)16(13(2)3)21-19(25)26-12-14-9-7-6-8-10-14/h6-10,13,15-16H,4-5,11-12H2,1-3H3,(H,20,22)(H,21,25)(H,23,24)/t15-,16+/m0/s1. The van der Waals surface area contributed by atoms with Crippen LogP contribution in [0.2, 0.25) is 0 Å². The van der Waals surface area contributed by atoms with E-state index >= 15 is 0 Å². The molecule has 7 heteroatoms. The van der Waals surface area contributed by atoms with Gasteiger partial charge < -0.3 is 20.5 Å². The Hall–Kier alpha value is -2.57. The second kappa shape index (κ2) is 11.1. The van der Waals surface area contributed by atoms with Gasteiger partial charge in [0, 0.05) is 0 Å². The predicted molar refractivity (Wildman–Crippen MR) is 97.5 cm³/mol. The molecule has 0 aliphatic carbocycles. The van der Waals surface area contributed by atoms with Crippen LogP contribution in [0.15, 0.2) is 30.3 Å².